The van der Waals surface area contributed by atoms with Crippen LogP contribution < -0.4 is 0 Å². The van der Waals surface area contributed by atoms with Gasteiger partial charge in [0.1, 0.15) is 0 Å². The molecule has 4 heteroatoms. The van der Waals surface area contributed by atoms with Crippen LogP contribution in [0.4, 0.5) is 0 Å². The molecule has 0 amide bonds. The van der Waals surface area contributed by atoms with Gasteiger partial charge in [-0.25, -0.2) is 0 Å². The fourth-order valence-electron chi connectivity index (χ4n) is 0. The molecule has 0 aliphatic rings. The lowest BCUT2D eigenvalue weighted by molar-refractivity contribution is 0.380. The number of hydrogen-bond acceptors (Lipinski definition) is 2. The van der Waals surface area contributed by atoms with E-state index in [1.54, 1.807) is 0 Å². The SMILES string of the molecule is C[Si](O)(O)CCl. The fraction of sp³-hybridized carbons (Fsp3) is 1.00. The van der Waals surface area contributed by atoms with E-state index in [9.17, 15) is 0 Å². The topological polar surface area (TPSA) is 40.5 Å². The molecule has 0 aliphatic carbocycles. The quantitative estimate of drug-likeness (QED) is 0.378. The van der Waals surface area contributed by atoms with Crippen molar-refractivity contribution in [3.8, 4) is 0 Å². The van der Waals surface area contributed by atoms with Crippen molar-refractivity contribution in [2.75, 3.05) is 5.50 Å². The first-order valence-corrected chi connectivity index (χ1v) is 4.70. The highest BCUT2D eigenvalue weighted by Crippen LogP contribution is 1.91. The van der Waals surface area contributed by atoms with E-state index in [1.165, 1.54) is 6.55 Å². The Kier molecular flexibility index (Phi) is 2.07. The van der Waals surface area contributed by atoms with Crippen LogP contribution >= 0.6 is 11.6 Å². The zero-order chi connectivity index (χ0) is 5.21. The molecule has 0 rings (SSSR count). The Balaban J connectivity index is 3.17. The zero-order valence-corrected chi connectivity index (χ0v) is 5.24. The maximum atomic E-state index is 8.39. The summed E-state index contributed by atoms with van der Waals surface area (Å²) in [5.41, 5.74) is -0.00694. The Morgan fingerprint density at radius 1 is 1.67 bits per heavy atom. The maximum Gasteiger partial charge on any atom is 0.344 e. The number of rotatable bonds is 1. The second kappa shape index (κ2) is 1.93. The molecule has 0 spiro atoms. The summed E-state index contributed by atoms with van der Waals surface area (Å²) < 4.78 is 0. The van der Waals surface area contributed by atoms with Gasteiger partial charge in [-0.05, 0) is 6.55 Å². The fourth-order valence-corrected chi connectivity index (χ4v) is 0. The minimum Gasteiger partial charge on any atom is -0.410 e. The first-order chi connectivity index (χ1) is 2.56. The summed E-state index contributed by atoms with van der Waals surface area (Å²) in [5.74, 6) is 0. The summed E-state index contributed by atoms with van der Waals surface area (Å²) in [5, 5.41) is 0. The summed E-state index contributed by atoms with van der Waals surface area (Å²) in [6.07, 6.45) is 0. The molecular formula is C2H7ClO2Si. The van der Waals surface area contributed by atoms with E-state index in [0.717, 1.165) is 0 Å². The average molecular weight is 127 g/mol. The molecule has 0 fully saturated rings. The minimum absolute atomic E-state index is 0.00694. The zero-order valence-electron chi connectivity index (χ0n) is 3.48. The Morgan fingerprint density at radius 2 is 1.83 bits per heavy atom. The van der Waals surface area contributed by atoms with Crippen LogP contribution in [0.2, 0.25) is 6.55 Å². The molecule has 2 nitrogen and oxygen atoms in total. The first kappa shape index (κ1) is 6.43. The van der Waals surface area contributed by atoms with Crippen LogP contribution in [-0.4, -0.2) is 23.7 Å². The summed E-state index contributed by atoms with van der Waals surface area (Å²) in [4.78, 5) is 16.8. The van der Waals surface area contributed by atoms with Crippen molar-refractivity contribution in [3.05, 3.63) is 0 Å². The molecule has 0 heterocycles. The van der Waals surface area contributed by atoms with E-state index in [2.05, 4.69) is 0 Å². The van der Waals surface area contributed by atoms with Crippen molar-refractivity contribution < 1.29 is 9.59 Å². The standard InChI is InChI=1S/C2H7ClO2Si/c1-6(4,5)2-3/h4-5H,2H2,1H3. The van der Waals surface area contributed by atoms with Gasteiger partial charge in [0.25, 0.3) is 0 Å². The predicted molar refractivity (Wildman–Crippen MR) is 26.8 cm³/mol. The van der Waals surface area contributed by atoms with Crippen LogP contribution in [0, 0.1) is 0 Å². The lowest BCUT2D eigenvalue weighted by atomic mass is 11.9. The van der Waals surface area contributed by atoms with Crippen LogP contribution in [-0.2, 0) is 0 Å². The molecule has 2 N–H and O–H groups in total. The van der Waals surface area contributed by atoms with Gasteiger partial charge in [-0.2, -0.15) is 0 Å². The van der Waals surface area contributed by atoms with Gasteiger partial charge < -0.3 is 9.59 Å². The molecule has 0 unspecified atom stereocenters. The molecule has 0 bridgehead atoms. The van der Waals surface area contributed by atoms with Gasteiger partial charge in [0, 0.05) is 0 Å². The van der Waals surface area contributed by atoms with Gasteiger partial charge in [-0.3, -0.25) is 0 Å². The second-order valence-electron chi connectivity index (χ2n) is 1.35. The van der Waals surface area contributed by atoms with Gasteiger partial charge in [-0.15, -0.1) is 11.6 Å². The molecule has 0 aromatic carbocycles. The van der Waals surface area contributed by atoms with Gasteiger partial charge in [-0.1, -0.05) is 0 Å². The monoisotopic (exact) mass is 126 g/mol. The van der Waals surface area contributed by atoms with E-state index < -0.39 is 8.56 Å². The van der Waals surface area contributed by atoms with Crippen LogP contribution in [0.1, 0.15) is 0 Å². The third kappa shape index (κ3) is 4.43. The summed E-state index contributed by atoms with van der Waals surface area (Å²) in [7, 11) is -2.87. The smallest absolute Gasteiger partial charge is 0.344 e. The van der Waals surface area contributed by atoms with Crippen LogP contribution in [0.5, 0.6) is 0 Å². The van der Waals surface area contributed by atoms with Crippen molar-refractivity contribution in [1.29, 1.82) is 0 Å². The third-order valence-corrected chi connectivity index (χ3v) is 2.28. The van der Waals surface area contributed by atoms with Crippen molar-refractivity contribution >= 4 is 20.2 Å². The highest BCUT2D eigenvalue weighted by molar-refractivity contribution is 6.71. The molecule has 0 atom stereocenters. The Labute approximate surface area is 42.6 Å². The molecule has 0 aliphatic heterocycles. The maximum absolute atomic E-state index is 8.39. The highest BCUT2D eigenvalue weighted by atomic mass is 35.5. The molecular weight excluding hydrogens is 120 g/mol. The Bertz CT molecular complexity index is 41.3. The summed E-state index contributed by atoms with van der Waals surface area (Å²) in [6.45, 7) is 1.36. The second-order valence-corrected chi connectivity index (χ2v) is 4.85. The van der Waals surface area contributed by atoms with Gasteiger partial charge >= 0.3 is 8.56 Å². The third-order valence-electron chi connectivity index (χ3n) is 0.253. The molecule has 0 saturated heterocycles. The highest BCUT2D eigenvalue weighted by Gasteiger charge is 2.17. The number of hydrogen-bond donors (Lipinski definition) is 2. The molecule has 38 valence electrons. The van der Waals surface area contributed by atoms with Crippen LogP contribution in [0.25, 0.3) is 0 Å². The van der Waals surface area contributed by atoms with E-state index in [0.29, 0.717) is 0 Å². The van der Waals surface area contributed by atoms with Gasteiger partial charge in [0.15, 0.2) is 0 Å². The lowest BCUT2D eigenvalue weighted by Gasteiger charge is -2.03. The molecule has 0 aromatic heterocycles. The largest absolute Gasteiger partial charge is 0.410 e. The summed E-state index contributed by atoms with van der Waals surface area (Å²) >= 11 is 5.04. The molecule has 0 saturated carbocycles. The Hall–Kier alpha value is 0.427. The van der Waals surface area contributed by atoms with Crippen molar-refractivity contribution in [2.24, 2.45) is 0 Å². The first-order valence-electron chi connectivity index (χ1n) is 1.57. The number of alkyl halides is 1. The van der Waals surface area contributed by atoms with E-state index >= 15 is 0 Å². The predicted octanol–water partition coefficient (Wildman–Crippen LogP) is -0.179. The normalized spacial score (nSPS) is 12.0. The summed E-state index contributed by atoms with van der Waals surface area (Å²) in [6, 6.07) is 0. The molecule has 0 radical (unpaired) electrons. The van der Waals surface area contributed by atoms with Crippen LogP contribution in [0.15, 0.2) is 0 Å². The van der Waals surface area contributed by atoms with E-state index in [-0.39, 0.29) is 5.50 Å². The van der Waals surface area contributed by atoms with E-state index in [1.807, 2.05) is 0 Å². The van der Waals surface area contributed by atoms with Crippen molar-refractivity contribution in [1.82, 2.24) is 0 Å². The molecule has 0 aromatic rings. The van der Waals surface area contributed by atoms with Crippen LogP contribution in [0.3, 0.4) is 0 Å². The van der Waals surface area contributed by atoms with Gasteiger partial charge in [0.05, 0.1) is 5.50 Å². The van der Waals surface area contributed by atoms with Gasteiger partial charge in [0.2, 0.25) is 0 Å². The average Bonchev–Trinajstić information content (AvgIpc) is 1.35. The van der Waals surface area contributed by atoms with Crippen molar-refractivity contribution in [2.45, 2.75) is 6.55 Å². The number of halogens is 1. The van der Waals surface area contributed by atoms with E-state index in [4.69, 9.17) is 21.2 Å². The Morgan fingerprint density at radius 3 is 1.83 bits per heavy atom. The molecule has 6 heavy (non-hydrogen) atoms. The van der Waals surface area contributed by atoms with Crippen molar-refractivity contribution in [3.63, 3.8) is 0 Å². The lowest BCUT2D eigenvalue weighted by Crippen LogP contribution is -2.32. The minimum atomic E-state index is -2.87.